The molecule has 0 aliphatic rings. The summed E-state index contributed by atoms with van der Waals surface area (Å²) in [5.74, 6) is 0. The number of aromatic nitrogens is 3. The molecular weight excluding hydrogens is 336 g/mol. The van der Waals surface area contributed by atoms with E-state index in [4.69, 9.17) is 0 Å². The molecule has 3 rings (SSSR count). The zero-order chi connectivity index (χ0) is 14.3. The first kappa shape index (κ1) is 13.6. The Bertz CT molecular complexity index is 762. The van der Waals surface area contributed by atoms with Crippen LogP contribution in [0.1, 0.15) is 23.5 Å². The third kappa shape index (κ3) is 2.33. The standard InChI is InChI=1S/C14H15BrN4S/c1-8-11-6-10(7-16-14(11)19(3)18-8)17-9(2)13-12(15)4-5-20-13/h4-7,9,17H,1-3H3. The summed E-state index contributed by atoms with van der Waals surface area (Å²) in [5.41, 5.74) is 2.93. The molecule has 0 aromatic carbocycles. The summed E-state index contributed by atoms with van der Waals surface area (Å²) in [6, 6.07) is 4.42. The number of anilines is 1. The van der Waals surface area contributed by atoms with Gasteiger partial charge in [-0.2, -0.15) is 5.10 Å². The van der Waals surface area contributed by atoms with E-state index in [1.807, 2.05) is 24.9 Å². The van der Waals surface area contributed by atoms with Crippen LogP contribution in [0.4, 0.5) is 5.69 Å². The summed E-state index contributed by atoms with van der Waals surface area (Å²) in [6.07, 6.45) is 1.86. The van der Waals surface area contributed by atoms with E-state index in [0.717, 1.165) is 26.9 Å². The van der Waals surface area contributed by atoms with E-state index >= 15 is 0 Å². The number of hydrogen-bond acceptors (Lipinski definition) is 4. The molecule has 0 aliphatic carbocycles. The summed E-state index contributed by atoms with van der Waals surface area (Å²) in [4.78, 5) is 5.77. The fraction of sp³-hybridized carbons (Fsp3) is 0.286. The van der Waals surface area contributed by atoms with Gasteiger partial charge in [0.2, 0.25) is 0 Å². The topological polar surface area (TPSA) is 42.7 Å². The van der Waals surface area contributed by atoms with Crippen molar-refractivity contribution in [2.24, 2.45) is 7.05 Å². The van der Waals surface area contributed by atoms with Crippen molar-refractivity contribution in [1.29, 1.82) is 0 Å². The highest BCUT2D eigenvalue weighted by atomic mass is 79.9. The lowest BCUT2D eigenvalue weighted by atomic mass is 10.2. The van der Waals surface area contributed by atoms with E-state index in [0.29, 0.717) is 0 Å². The Kier molecular flexibility index (Phi) is 3.52. The first-order valence-electron chi connectivity index (χ1n) is 6.35. The van der Waals surface area contributed by atoms with Crippen molar-refractivity contribution in [2.45, 2.75) is 19.9 Å². The molecule has 0 saturated heterocycles. The molecular formula is C14H15BrN4S. The van der Waals surface area contributed by atoms with E-state index in [2.05, 4.69) is 55.8 Å². The normalized spacial score (nSPS) is 12.8. The second kappa shape index (κ2) is 5.18. The molecule has 4 nitrogen and oxygen atoms in total. The highest BCUT2D eigenvalue weighted by Gasteiger charge is 2.12. The smallest absolute Gasteiger partial charge is 0.157 e. The fourth-order valence-corrected chi connectivity index (χ4v) is 4.04. The molecule has 1 unspecified atom stereocenters. The second-order valence-corrected chi connectivity index (χ2v) is 6.61. The Hall–Kier alpha value is -1.40. The van der Waals surface area contributed by atoms with Crippen molar-refractivity contribution in [3.63, 3.8) is 0 Å². The van der Waals surface area contributed by atoms with Gasteiger partial charge in [-0.1, -0.05) is 0 Å². The molecule has 3 heterocycles. The molecule has 0 spiro atoms. The Morgan fingerprint density at radius 2 is 2.25 bits per heavy atom. The number of thiophene rings is 1. The molecule has 3 aromatic heterocycles. The number of hydrogen-bond donors (Lipinski definition) is 1. The maximum absolute atomic E-state index is 4.49. The number of pyridine rings is 1. The van der Waals surface area contributed by atoms with Crippen molar-refractivity contribution < 1.29 is 0 Å². The quantitative estimate of drug-likeness (QED) is 0.766. The largest absolute Gasteiger partial charge is 0.376 e. The molecule has 20 heavy (non-hydrogen) atoms. The van der Waals surface area contributed by atoms with Gasteiger partial charge >= 0.3 is 0 Å². The third-order valence-electron chi connectivity index (χ3n) is 3.28. The van der Waals surface area contributed by atoms with Gasteiger partial charge in [-0.3, -0.25) is 4.68 Å². The van der Waals surface area contributed by atoms with Crippen LogP contribution in [-0.2, 0) is 7.05 Å². The van der Waals surface area contributed by atoms with E-state index in [1.54, 1.807) is 11.3 Å². The predicted molar refractivity (Wildman–Crippen MR) is 87.3 cm³/mol. The third-order valence-corrected chi connectivity index (χ3v) is 5.34. The van der Waals surface area contributed by atoms with Crippen LogP contribution in [0.5, 0.6) is 0 Å². The minimum atomic E-state index is 0.237. The number of halogens is 1. The summed E-state index contributed by atoms with van der Waals surface area (Å²) in [5, 5.41) is 11.1. The van der Waals surface area contributed by atoms with Gasteiger partial charge in [0.25, 0.3) is 0 Å². The van der Waals surface area contributed by atoms with Crippen LogP contribution in [0.25, 0.3) is 11.0 Å². The number of rotatable bonds is 3. The average molecular weight is 351 g/mol. The van der Waals surface area contributed by atoms with Crippen LogP contribution < -0.4 is 5.32 Å². The summed E-state index contributed by atoms with van der Waals surface area (Å²) in [6.45, 7) is 4.16. The maximum atomic E-state index is 4.49. The zero-order valence-corrected chi connectivity index (χ0v) is 13.9. The van der Waals surface area contributed by atoms with Crippen molar-refractivity contribution in [3.8, 4) is 0 Å². The Labute approximate surface area is 130 Å². The lowest BCUT2D eigenvalue weighted by molar-refractivity contribution is 0.774. The van der Waals surface area contributed by atoms with Gasteiger partial charge in [0.05, 0.1) is 23.6 Å². The van der Waals surface area contributed by atoms with Crippen LogP contribution in [0, 0.1) is 6.92 Å². The zero-order valence-electron chi connectivity index (χ0n) is 11.5. The average Bonchev–Trinajstić information content (AvgIpc) is 2.95. The first-order chi connectivity index (χ1) is 9.56. The van der Waals surface area contributed by atoms with E-state index < -0.39 is 0 Å². The van der Waals surface area contributed by atoms with Gasteiger partial charge in [-0.05, 0) is 47.3 Å². The maximum Gasteiger partial charge on any atom is 0.157 e. The van der Waals surface area contributed by atoms with Crippen LogP contribution in [0.15, 0.2) is 28.2 Å². The first-order valence-corrected chi connectivity index (χ1v) is 8.02. The number of nitrogens with one attached hydrogen (secondary N) is 1. The SMILES string of the molecule is Cc1nn(C)c2ncc(NC(C)c3sccc3Br)cc12. The second-order valence-electron chi connectivity index (χ2n) is 4.80. The van der Waals surface area contributed by atoms with Crippen LogP contribution in [0.3, 0.4) is 0 Å². The summed E-state index contributed by atoms with van der Waals surface area (Å²) in [7, 11) is 1.92. The molecule has 6 heteroatoms. The van der Waals surface area contributed by atoms with Gasteiger partial charge in [0.15, 0.2) is 5.65 Å². The molecule has 104 valence electrons. The minimum Gasteiger partial charge on any atom is -0.376 e. The molecule has 1 atom stereocenters. The molecule has 3 aromatic rings. The Morgan fingerprint density at radius 3 is 2.95 bits per heavy atom. The molecule has 1 N–H and O–H groups in total. The molecule has 0 aliphatic heterocycles. The molecule has 0 bridgehead atoms. The van der Waals surface area contributed by atoms with Gasteiger partial charge in [0.1, 0.15) is 0 Å². The van der Waals surface area contributed by atoms with Crippen LogP contribution in [0.2, 0.25) is 0 Å². The monoisotopic (exact) mass is 350 g/mol. The lowest BCUT2D eigenvalue weighted by Gasteiger charge is -2.14. The van der Waals surface area contributed by atoms with Crippen molar-refractivity contribution in [3.05, 3.63) is 38.8 Å². The van der Waals surface area contributed by atoms with Gasteiger partial charge in [-0.15, -0.1) is 11.3 Å². The molecule has 0 saturated carbocycles. The molecule has 0 radical (unpaired) electrons. The van der Waals surface area contributed by atoms with Crippen LogP contribution in [-0.4, -0.2) is 14.8 Å². The van der Waals surface area contributed by atoms with Crippen molar-refractivity contribution >= 4 is 44.0 Å². The predicted octanol–water partition coefficient (Wildman–Crippen LogP) is 4.27. The van der Waals surface area contributed by atoms with Gasteiger partial charge in [0, 0.05) is 21.8 Å². The Morgan fingerprint density at radius 1 is 1.45 bits per heavy atom. The van der Waals surface area contributed by atoms with Crippen LogP contribution >= 0.6 is 27.3 Å². The highest BCUT2D eigenvalue weighted by Crippen LogP contribution is 2.31. The highest BCUT2D eigenvalue weighted by molar-refractivity contribution is 9.10. The van der Waals surface area contributed by atoms with E-state index in [-0.39, 0.29) is 6.04 Å². The number of aryl methyl sites for hydroxylation is 2. The molecule has 0 amide bonds. The summed E-state index contributed by atoms with van der Waals surface area (Å²) < 4.78 is 2.96. The van der Waals surface area contributed by atoms with Crippen molar-refractivity contribution in [2.75, 3.05) is 5.32 Å². The van der Waals surface area contributed by atoms with Gasteiger partial charge in [-0.25, -0.2) is 4.98 Å². The van der Waals surface area contributed by atoms with E-state index in [1.165, 1.54) is 4.88 Å². The number of nitrogens with zero attached hydrogens (tertiary/aromatic N) is 3. The Balaban J connectivity index is 1.91. The van der Waals surface area contributed by atoms with Gasteiger partial charge < -0.3 is 5.32 Å². The fourth-order valence-electron chi connectivity index (χ4n) is 2.32. The molecule has 0 fully saturated rings. The number of fused-ring (bicyclic) bond motifs is 1. The lowest BCUT2D eigenvalue weighted by Crippen LogP contribution is -2.05. The van der Waals surface area contributed by atoms with Crippen molar-refractivity contribution in [1.82, 2.24) is 14.8 Å². The van der Waals surface area contributed by atoms with E-state index in [9.17, 15) is 0 Å². The summed E-state index contributed by atoms with van der Waals surface area (Å²) >= 11 is 5.32. The minimum absolute atomic E-state index is 0.237.